The predicted molar refractivity (Wildman–Crippen MR) is 89.8 cm³/mol. The Balaban J connectivity index is 2.04. The average molecular weight is 289 g/mol. The van der Waals surface area contributed by atoms with Crippen molar-refractivity contribution in [1.29, 1.82) is 0 Å². The molecule has 2 nitrogen and oxygen atoms in total. The van der Waals surface area contributed by atoms with Gasteiger partial charge in [-0.25, -0.2) is 0 Å². The molecule has 21 heavy (non-hydrogen) atoms. The molecule has 0 saturated heterocycles. The van der Waals surface area contributed by atoms with E-state index in [0.29, 0.717) is 6.04 Å². The number of rotatable bonds is 7. The molecule has 118 valence electrons. The minimum absolute atomic E-state index is 0.503. The van der Waals surface area contributed by atoms with Gasteiger partial charge in [-0.05, 0) is 55.8 Å². The smallest absolute Gasteiger partial charge is 0.119 e. The van der Waals surface area contributed by atoms with E-state index in [4.69, 9.17) is 4.74 Å². The van der Waals surface area contributed by atoms with E-state index in [1.54, 1.807) is 0 Å². The molecule has 2 rings (SSSR count). The number of ether oxygens (including phenoxy) is 1. The second-order valence-electron chi connectivity index (χ2n) is 6.23. The number of benzene rings is 1. The largest absolute Gasteiger partial charge is 0.494 e. The van der Waals surface area contributed by atoms with E-state index in [2.05, 4.69) is 43.4 Å². The fourth-order valence-electron chi connectivity index (χ4n) is 3.64. The van der Waals surface area contributed by atoms with Crippen molar-refractivity contribution in [2.45, 2.75) is 58.9 Å². The van der Waals surface area contributed by atoms with Crippen molar-refractivity contribution in [2.24, 2.45) is 11.8 Å². The van der Waals surface area contributed by atoms with Crippen LogP contribution in [-0.2, 0) is 0 Å². The molecule has 0 spiro atoms. The lowest BCUT2D eigenvalue weighted by Gasteiger charge is -2.34. The minimum atomic E-state index is 0.503. The Morgan fingerprint density at radius 2 is 1.71 bits per heavy atom. The van der Waals surface area contributed by atoms with Gasteiger partial charge in [-0.1, -0.05) is 45.2 Å². The van der Waals surface area contributed by atoms with Crippen LogP contribution in [0.25, 0.3) is 0 Å². The molecule has 1 aromatic carbocycles. The highest BCUT2D eigenvalue weighted by Crippen LogP contribution is 2.38. The monoisotopic (exact) mass is 289 g/mol. The highest BCUT2D eigenvalue weighted by atomic mass is 16.5. The second-order valence-corrected chi connectivity index (χ2v) is 6.23. The quantitative estimate of drug-likeness (QED) is 0.766. The summed E-state index contributed by atoms with van der Waals surface area (Å²) in [6.07, 6.45) is 6.88. The van der Waals surface area contributed by atoms with Crippen molar-refractivity contribution in [3.05, 3.63) is 29.8 Å². The van der Waals surface area contributed by atoms with Gasteiger partial charge in [-0.15, -0.1) is 0 Å². The molecule has 0 aromatic heterocycles. The van der Waals surface area contributed by atoms with E-state index in [0.717, 1.165) is 30.7 Å². The summed E-state index contributed by atoms with van der Waals surface area (Å²) in [6, 6.07) is 9.21. The van der Waals surface area contributed by atoms with Crippen LogP contribution in [0, 0.1) is 11.8 Å². The van der Waals surface area contributed by atoms with E-state index in [1.165, 1.54) is 37.7 Å². The Morgan fingerprint density at radius 1 is 1.05 bits per heavy atom. The van der Waals surface area contributed by atoms with Crippen LogP contribution in [0.15, 0.2) is 24.3 Å². The van der Waals surface area contributed by atoms with Gasteiger partial charge in [0.2, 0.25) is 0 Å². The fraction of sp³-hybridized carbons (Fsp3) is 0.684. The first kappa shape index (κ1) is 16.4. The maximum Gasteiger partial charge on any atom is 0.119 e. The van der Waals surface area contributed by atoms with Gasteiger partial charge in [-0.3, -0.25) is 0 Å². The van der Waals surface area contributed by atoms with E-state index < -0.39 is 0 Å². The van der Waals surface area contributed by atoms with E-state index >= 15 is 0 Å². The van der Waals surface area contributed by atoms with Crippen molar-refractivity contribution >= 4 is 0 Å². The zero-order valence-electron chi connectivity index (χ0n) is 13.9. The van der Waals surface area contributed by atoms with Crippen LogP contribution in [-0.4, -0.2) is 13.2 Å². The van der Waals surface area contributed by atoms with Crippen LogP contribution in [0.3, 0.4) is 0 Å². The Bertz CT molecular complexity index is 393. The van der Waals surface area contributed by atoms with E-state index in [9.17, 15) is 0 Å². The Hall–Kier alpha value is -1.02. The third-order valence-electron chi connectivity index (χ3n) is 4.91. The van der Waals surface area contributed by atoms with Crippen LogP contribution in [0.5, 0.6) is 5.75 Å². The van der Waals surface area contributed by atoms with Crippen LogP contribution in [0.4, 0.5) is 0 Å². The number of nitrogens with one attached hydrogen (secondary N) is 1. The summed E-state index contributed by atoms with van der Waals surface area (Å²) in [5.74, 6) is 2.72. The topological polar surface area (TPSA) is 21.3 Å². The van der Waals surface area contributed by atoms with Gasteiger partial charge in [0.15, 0.2) is 0 Å². The van der Waals surface area contributed by atoms with Crippen molar-refractivity contribution in [2.75, 3.05) is 13.2 Å². The first-order chi connectivity index (χ1) is 10.3. The second kappa shape index (κ2) is 8.43. The third kappa shape index (κ3) is 4.47. The van der Waals surface area contributed by atoms with Gasteiger partial charge < -0.3 is 10.1 Å². The fourth-order valence-corrected chi connectivity index (χ4v) is 3.64. The lowest BCUT2D eigenvalue weighted by molar-refractivity contribution is 0.220. The molecule has 1 aliphatic carbocycles. The summed E-state index contributed by atoms with van der Waals surface area (Å²) in [6.45, 7) is 8.34. The van der Waals surface area contributed by atoms with Gasteiger partial charge in [0, 0.05) is 6.04 Å². The SMILES string of the molecule is CCNC(c1ccc(OCC)cc1)C1CCC(CC)CC1. The number of hydrogen-bond acceptors (Lipinski definition) is 2. The molecule has 1 unspecified atom stereocenters. The van der Waals surface area contributed by atoms with Crippen LogP contribution < -0.4 is 10.1 Å². The van der Waals surface area contributed by atoms with Crippen LogP contribution in [0.1, 0.15) is 64.5 Å². The molecule has 0 heterocycles. The zero-order chi connectivity index (χ0) is 15.1. The highest BCUT2D eigenvalue weighted by molar-refractivity contribution is 5.29. The third-order valence-corrected chi connectivity index (χ3v) is 4.91. The highest BCUT2D eigenvalue weighted by Gasteiger charge is 2.27. The maximum atomic E-state index is 5.55. The minimum Gasteiger partial charge on any atom is -0.494 e. The molecule has 1 saturated carbocycles. The lowest BCUT2D eigenvalue weighted by Crippen LogP contribution is -2.31. The van der Waals surface area contributed by atoms with Gasteiger partial charge in [0.1, 0.15) is 5.75 Å². The zero-order valence-corrected chi connectivity index (χ0v) is 13.9. The molecular weight excluding hydrogens is 258 g/mol. The van der Waals surface area contributed by atoms with Crippen LogP contribution >= 0.6 is 0 Å². The average Bonchev–Trinajstić information content (AvgIpc) is 2.54. The van der Waals surface area contributed by atoms with Crippen molar-refractivity contribution in [3.63, 3.8) is 0 Å². The Labute approximate surface area is 130 Å². The summed E-state index contributed by atoms with van der Waals surface area (Å²) in [7, 11) is 0. The Kier molecular flexibility index (Phi) is 6.56. The molecular formula is C19H31NO. The molecule has 1 aromatic rings. The molecule has 0 aliphatic heterocycles. The van der Waals surface area contributed by atoms with Crippen molar-refractivity contribution < 1.29 is 4.74 Å². The standard InChI is InChI=1S/C19H31NO/c1-4-15-7-9-16(10-8-15)19(20-5-2)17-11-13-18(14-12-17)21-6-3/h11-16,19-20H,4-10H2,1-3H3. The van der Waals surface area contributed by atoms with Gasteiger partial charge in [0.25, 0.3) is 0 Å². The number of hydrogen-bond donors (Lipinski definition) is 1. The van der Waals surface area contributed by atoms with E-state index in [1.807, 2.05) is 6.92 Å². The molecule has 0 bridgehead atoms. The predicted octanol–water partition coefficient (Wildman–Crippen LogP) is 4.95. The molecule has 0 radical (unpaired) electrons. The first-order valence-corrected chi connectivity index (χ1v) is 8.74. The van der Waals surface area contributed by atoms with Gasteiger partial charge >= 0.3 is 0 Å². The summed E-state index contributed by atoms with van der Waals surface area (Å²) >= 11 is 0. The van der Waals surface area contributed by atoms with Gasteiger partial charge in [-0.2, -0.15) is 0 Å². The normalized spacial score (nSPS) is 23.8. The summed E-state index contributed by atoms with van der Waals surface area (Å²) < 4.78 is 5.55. The van der Waals surface area contributed by atoms with Gasteiger partial charge in [0.05, 0.1) is 6.61 Å². The van der Waals surface area contributed by atoms with Crippen molar-refractivity contribution in [1.82, 2.24) is 5.32 Å². The molecule has 1 aliphatic rings. The molecule has 1 atom stereocenters. The molecule has 1 fully saturated rings. The van der Waals surface area contributed by atoms with E-state index in [-0.39, 0.29) is 0 Å². The summed E-state index contributed by atoms with van der Waals surface area (Å²) in [5, 5.41) is 3.71. The maximum absolute atomic E-state index is 5.55. The summed E-state index contributed by atoms with van der Waals surface area (Å²) in [5.41, 5.74) is 1.42. The first-order valence-electron chi connectivity index (χ1n) is 8.74. The Morgan fingerprint density at radius 3 is 2.24 bits per heavy atom. The van der Waals surface area contributed by atoms with Crippen LogP contribution in [0.2, 0.25) is 0 Å². The molecule has 2 heteroatoms. The molecule has 1 N–H and O–H groups in total. The summed E-state index contributed by atoms with van der Waals surface area (Å²) in [4.78, 5) is 0. The lowest BCUT2D eigenvalue weighted by atomic mass is 9.76. The van der Waals surface area contributed by atoms with Crippen molar-refractivity contribution in [3.8, 4) is 5.75 Å². The molecule has 0 amide bonds.